The van der Waals surface area contributed by atoms with Gasteiger partial charge >= 0.3 is 6.03 Å². The summed E-state index contributed by atoms with van der Waals surface area (Å²) in [4.78, 5) is 18.4. The second-order valence-corrected chi connectivity index (χ2v) is 7.13. The van der Waals surface area contributed by atoms with E-state index in [0.717, 1.165) is 25.9 Å². The average molecular weight is 397 g/mol. The Hall–Kier alpha value is -1.89. The molecule has 2 aromatic rings. The van der Waals surface area contributed by atoms with Crippen molar-refractivity contribution in [1.82, 2.24) is 14.3 Å². The van der Waals surface area contributed by atoms with E-state index in [1.165, 1.54) is 18.3 Å². The molecular weight excluding hydrogens is 378 g/mol. The molecule has 8 heteroatoms. The molecule has 0 radical (unpaired) electrons. The number of hydrogen-bond acceptors (Lipinski definition) is 3. The van der Waals surface area contributed by atoms with Gasteiger partial charge in [-0.15, -0.1) is 0 Å². The van der Waals surface area contributed by atoms with Gasteiger partial charge in [-0.25, -0.2) is 13.6 Å². The van der Waals surface area contributed by atoms with E-state index < -0.39 is 0 Å². The average Bonchev–Trinajstić information content (AvgIpc) is 2.62. The van der Waals surface area contributed by atoms with E-state index in [0.29, 0.717) is 22.0 Å². The summed E-state index contributed by atoms with van der Waals surface area (Å²) in [5.74, 6) is -0.359. The summed E-state index contributed by atoms with van der Waals surface area (Å²) in [5, 5.41) is 3.14. The minimum Gasteiger partial charge on any atom is -0.325 e. The Morgan fingerprint density at radius 2 is 2.08 bits per heavy atom. The lowest BCUT2D eigenvalue weighted by atomic mass is 10.1. The lowest BCUT2D eigenvalue weighted by Crippen LogP contribution is -2.45. The summed E-state index contributed by atoms with van der Waals surface area (Å²) in [6.45, 7) is 1.50. The zero-order valence-corrected chi connectivity index (χ0v) is 15.8. The maximum absolute atomic E-state index is 13.4. The molecule has 3 rings (SSSR count). The van der Waals surface area contributed by atoms with Crippen LogP contribution < -0.4 is 5.32 Å². The van der Waals surface area contributed by atoms with E-state index in [9.17, 15) is 9.18 Å². The summed E-state index contributed by atoms with van der Waals surface area (Å²) in [5.41, 5.74) is 1.53. The van der Waals surface area contributed by atoms with Crippen LogP contribution in [0.5, 0.6) is 0 Å². The Kier molecular flexibility index (Phi) is 5.96. The highest BCUT2D eigenvalue weighted by atomic mass is 35.5. The fraction of sp³-hybridized carbons (Fsp3) is 0.333. The van der Waals surface area contributed by atoms with Crippen LogP contribution in [0.1, 0.15) is 12.8 Å². The Morgan fingerprint density at radius 3 is 2.73 bits per heavy atom. The number of nitrogens with zero attached hydrogens (tertiary/aromatic N) is 3. The third-order valence-electron chi connectivity index (χ3n) is 4.47. The molecule has 1 aliphatic heterocycles. The summed E-state index contributed by atoms with van der Waals surface area (Å²) < 4.78 is 15.1. The fourth-order valence-corrected chi connectivity index (χ4v) is 3.42. The van der Waals surface area contributed by atoms with Crippen molar-refractivity contribution in [3.05, 3.63) is 47.4 Å². The van der Waals surface area contributed by atoms with Crippen LogP contribution in [-0.4, -0.2) is 46.5 Å². The number of amides is 2. The van der Waals surface area contributed by atoms with Gasteiger partial charge in [0, 0.05) is 31.7 Å². The quantitative estimate of drug-likeness (QED) is 0.769. The molecular formula is C18H19Cl2FN4O. The first kappa shape index (κ1) is 18.9. The van der Waals surface area contributed by atoms with Crippen molar-refractivity contribution in [3.63, 3.8) is 0 Å². The van der Waals surface area contributed by atoms with Gasteiger partial charge in [0.25, 0.3) is 0 Å². The third-order valence-corrected chi connectivity index (χ3v) is 5.09. The number of pyridine rings is 1. The smallest absolute Gasteiger partial charge is 0.321 e. The van der Waals surface area contributed by atoms with Gasteiger partial charge in [-0.1, -0.05) is 23.7 Å². The summed E-state index contributed by atoms with van der Waals surface area (Å²) in [7, 11) is 1.76. The first-order chi connectivity index (χ1) is 12.4. The lowest BCUT2D eigenvalue weighted by Gasteiger charge is -2.33. The monoisotopic (exact) mass is 396 g/mol. The van der Waals surface area contributed by atoms with Gasteiger partial charge in [0.1, 0.15) is 5.82 Å². The zero-order valence-electron chi connectivity index (χ0n) is 14.3. The highest BCUT2D eigenvalue weighted by Crippen LogP contribution is 2.28. The van der Waals surface area contributed by atoms with Crippen LogP contribution in [0.3, 0.4) is 0 Å². The largest absolute Gasteiger partial charge is 0.325 e. The molecule has 0 spiro atoms. The van der Waals surface area contributed by atoms with Gasteiger partial charge in [-0.2, -0.15) is 0 Å². The maximum Gasteiger partial charge on any atom is 0.321 e. The molecule has 1 aromatic carbocycles. The Balaban J connectivity index is 1.68. The SMILES string of the molecule is CN(C(=O)Nc1cnc(-c2cccc(F)c2)c(Cl)c1)C1CCN(Cl)CC1. The minimum absolute atomic E-state index is 0.139. The van der Waals surface area contributed by atoms with Crippen molar-refractivity contribution in [1.29, 1.82) is 0 Å². The Labute approximate surface area is 161 Å². The molecule has 0 bridgehead atoms. The lowest BCUT2D eigenvalue weighted by molar-refractivity contribution is 0.175. The second-order valence-electron chi connectivity index (χ2n) is 6.25. The number of carbonyl (C=O) groups is 1. The highest BCUT2D eigenvalue weighted by Gasteiger charge is 2.25. The molecule has 2 amide bonds. The minimum atomic E-state index is -0.359. The summed E-state index contributed by atoms with van der Waals surface area (Å²) in [6, 6.07) is 7.57. The van der Waals surface area contributed by atoms with Gasteiger partial charge in [0.15, 0.2) is 0 Å². The van der Waals surface area contributed by atoms with E-state index in [2.05, 4.69) is 10.3 Å². The van der Waals surface area contributed by atoms with Gasteiger partial charge < -0.3 is 10.2 Å². The first-order valence-electron chi connectivity index (χ1n) is 8.30. The predicted molar refractivity (Wildman–Crippen MR) is 102 cm³/mol. The van der Waals surface area contributed by atoms with Crippen LogP contribution in [0.15, 0.2) is 36.5 Å². The van der Waals surface area contributed by atoms with Crippen molar-refractivity contribution < 1.29 is 9.18 Å². The number of piperidine rings is 1. The number of anilines is 1. The molecule has 0 aliphatic carbocycles. The number of aromatic nitrogens is 1. The van der Waals surface area contributed by atoms with Crippen LogP contribution in [0.25, 0.3) is 11.3 Å². The van der Waals surface area contributed by atoms with Crippen molar-refractivity contribution in [2.45, 2.75) is 18.9 Å². The molecule has 0 unspecified atom stereocenters. The number of urea groups is 1. The molecule has 1 aliphatic rings. The molecule has 0 atom stereocenters. The van der Waals surface area contributed by atoms with Crippen LogP contribution in [0.4, 0.5) is 14.9 Å². The number of nitrogens with one attached hydrogen (secondary N) is 1. The highest BCUT2D eigenvalue weighted by molar-refractivity contribution is 6.33. The van der Waals surface area contributed by atoms with Crippen molar-refractivity contribution >= 4 is 35.1 Å². The second kappa shape index (κ2) is 8.20. The third kappa shape index (κ3) is 4.44. The molecule has 138 valence electrons. The molecule has 5 nitrogen and oxygen atoms in total. The predicted octanol–water partition coefficient (Wildman–Crippen LogP) is 4.62. The number of rotatable bonds is 3. The number of hydrogen-bond donors (Lipinski definition) is 1. The van der Waals surface area contributed by atoms with E-state index in [1.54, 1.807) is 34.6 Å². The van der Waals surface area contributed by atoms with E-state index in [1.807, 2.05) is 0 Å². The van der Waals surface area contributed by atoms with Gasteiger partial charge in [-0.3, -0.25) is 4.98 Å². The van der Waals surface area contributed by atoms with Crippen molar-refractivity contribution in [2.24, 2.45) is 0 Å². The normalized spacial score (nSPS) is 15.7. The zero-order chi connectivity index (χ0) is 18.7. The Bertz CT molecular complexity index is 797. The molecule has 1 aromatic heterocycles. The topological polar surface area (TPSA) is 48.5 Å². The number of carbonyl (C=O) groups excluding carboxylic acids is 1. The Morgan fingerprint density at radius 1 is 1.35 bits per heavy atom. The summed E-state index contributed by atoms with van der Waals surface area (Å²) in [6.07, 6.45) is 3.16. The van der Waals surface area contributed by atoms with Gasteiger partial charge in [0.2, 0.25) is 0 Å². The van der Waals surface area contributed by atoms with E-state index in [-0.39, 0.29) is 17.9 Å². The van der Waals surface area contributed by atoms with Crippen LogP contribution in [-0.2, 0) is 0 Å². The van der Waals surface area contributed by atoms with E-state index in [4.69, 9.17) is 23.4 Å². The molecule has 1 saturated heterocycles. The fourth-order valence-electron chi connectivity index (χ4n) is 2.95. The maximum atomic E-state index is 13.4. The number of halogens is 3. The van der Waals surface area contributed by atoms with E-state index >= 15 is 0 Å². The van der Waals surface area contributed by atoms with Crippen LogP contribution in [0, 0.1) is 5.82 Å². The molecule has 1 fully saturated rings. The molecule has 0 saturated carbocycles. The van der Waals surface area contributed by atoms with Crippen LogP contribution >= 0.6 is 23.4 Å². The summed E-state index contributed by atoms with van der Waals surface area (Å²) >= 11 is 12.2. The van der Waals surface area contributed by atoms with Crippen LogP contribution in [0.2, 0.25) is 5.02 Å². The van der Waals surface area contributed by atoms with Crippen molar-refractivity contribution in [3.8, 4) is 11.3 Å². The first-order valence-corrected chi connectivity index (χ1v) is 9.01. The number of benzene rings is 1. The molecule has 1 N–H and O–H groups in total. The standard InChI is InChI=1S/C18H19Cl2FN4O/c1-24(15-5-7-25(20)8-6-15)18(26)23-14-10-16(19)17(22-11-14)12-3-2-4-13(21)9-12/h2-4,9-11,15H,5-8H2,1H3,(H,23,26). The van der Waals surface area contributed by atoms with Gasteiger partial charge in [-0.05, 0) is 42.8 Å². The molecule has 26 heavy (non-hydrogen) atoms. The van der Waals surface area contributed by atoms with Crippen molar-refractivity contribution in [2.75, 3.05) is 25.5 Å². The van der Waals surface area contributed by atoms with Gasteiger partial charge in [0.05, 0.1) is 22.6 Å². The molecule has 2 heterocycles.